The fourth-order valence-electron chi connectivity index (χ4n) is 2.02. The van der Waals surface area contributed by atoms with E-state index in [0.717, 1.165) is 30.4 Å². The summed E-state index contributed by atoms with van der Waals surface area (Å²) < 4.78 is 0. The molecule has 86 valence electrons. The molecule has 2 rings (SSSR count). The Morgan fingerprint density at radius 2 is 2.19 bits per heavy atom. The minimum absolute atomic E-state index is 0.0878. The molecule has 1 amide bonds. The molecule has 0 atom stereocenters. The van der Waals surface area contributed by atoms with Crippen molar-refractivity contribution in [2.45, 2.75) is 45.6 Å². The molecule has 2 nitrogen and oxygen atoms in total. The smallest absolute Gasteiger partial charge is 0.251 e. The summed E-state index contributed by atoms with van der Waals surface area (Å²) >= 11 is 0. The summed E-state index contributed by atoms with van der Waals surface area (Å²) in [6, 6.07) is 6.51. The number of benzene rings is 1. The molecular formula is C14H19NO. The third-order valence-electron chi connectivity index (χ3n) is 3.38. The third-order valence-corrected chi connectivity index (χ3v) is 3.38. The fourth-order valence-corrected chi connectivity index (χ4v) is 2.02. The van der Waals surface area contributed by atoms with Gasteiger partial charge >= 0.3 is 0 Å². The van der Waals surface area contributed by atoms with Crippen LogP contribution in [0.3, 0.4) is 0 Å². The van der Waals surface area contributed by atoms with E-state index in [1.807, 2.05) is 19.1 Å². The quantitative estimate of drug-likeness (QED) is 0.828. The van der Waals surface area contributed by atoms with Crippen LogP contribution >= 0.6 is 0 Å². The van der Waals surface area contributed by atoms with Crippen LogP contribution in [0.5, 0.6) is 0 Å². The van der Waals surface area contributed by atoms with E-state index < -0.39 is 0 Å². The summed E-state index contributed by atoms with van der Waals surface area (Å²) in [5.74, 6) is 0.0878. The van der Waals surface area contributed by atoms with Gasteiger partial charge in [-0.25, -0.2) is 0 Å². The zero-order valence-corrected chi connectivity index (χ0v) is 10.0. The first-order valence-electron chi connectivity index (χ1n) is 6.11. The maximum Gasteiger partial charge on any atom is 0.251 e. The molecule has 0 unspecified atom stereocenters. The van der Waals surface area contributed by atoms with Crippen LogP contribution in [0.2, 0.25) is 0 Å². The Labute approximate surface area is 97.1 Å². The van der Waals surface area contributed by atoms with Crippen LogP contribution in [0, 0.1) is 6.92 Å². The topological polar surface area (TPSA) is 29.1 Å². The van der Waals surface area contributed by atoms with Gasteiger partial charge in [-0.05, 0) is 49.8 Å². The number of hydrogen-bond donors (Lipinski definition) is 1. The highest BCUT2D eigenvalue weighted by molar-refractivity contribution is 5.95. The van der Waals surface area contributed by atoms with E-state index in [9.17, 15) is 4.79 Å². The number of nitrogens with one attached hydrogen (secondary N) is 1. The van der Waals surface area contributed by atoms with Gasteiger partial charge in [0.1, 0.15) is 0 Å². The van der Waals surface area contributed by atoms with Crippen LogP contribution in [0.4, 0.5) is 0 Å². The predicted octanol–water partition coefficient (Wildman–Crippen LogP) is 2.84. The molecule has 1 aliphatic carbocycles. The van der Waals surface area contributed by atoms with Crippen LogP contribution < -0.4 is 5.32 Å². The first-order chi connectivity index (χ1) is 7.70. The molecule has 0 heterocycles. The zero-order chi connectivity index (χ0) is 11.5. The van der Waals surface area contributed by atoms with Crippen molar-refractivity contribution < 1.29 is 4.79 Å². The Morgan fingerprint density at radius 3 is 2.69 bits per heavy atom. The van der Waals surface area contributed by atoms with Crippen molar-refractivity contribution in [1.82, 2.24) is 5.32 Å². The van der Waals surface area contributed by atoms with E-state index >= 15 is 0 Å². The van der Waals surface area contributed by atoms with Gasteiger partial charge < -0.3 is 5.32 Å². The van der Waals surface area contributed by atoms with Gasteiger partial charge in [0, 0.05) is 11.6 Å². The van der Waals surface area contributed by atoms with Crippen molar-refractivity contribution in [2.75, 3.05) is 0 Å². The highest BCUT2D eigenvalue weighted by Crippen LogP contribution is 2.19. The Balaban J connectivity index is 2.09. The number of aryl methyl sites for hydroxylation is 2. The molecule has 1 aromatic rings. The predicted molar refractivity (Wildman–Crippen MR) is 65.7 cm³/mol. The summed E-state index contributed by atoms with van der Waals surface area (Å²) in [6.45, 7) is 4.14. The van der Waals surface area contributed by atoms with Crippen molar-refractivity contribution in [3.8, 4) is 0 Å². The molecule has 0 radical (unpaired) electrons. The molecule has 1 saturated carbocycles. The minimum Gasteiger partial charge on any atom is -0.349 e. The number of rotatable bonds is 3. The number of carbonyl (C=O) groups excluding carboxylic acids is 1. The lowest BCUT2D eigenvalue weighted by atomic mass is 9.92. The molecular weight excluding hydrogens is 198 g/mol. The Bertz CT molecular complexity index is 394. The molecule has 0 bridgehead atoms. The van der Waals surface area contributed by atoms with Crippen LogP contribution in [-0.4, -0.2) is 11.9 Å². The zero-order valence-electron chi connectivity index (χ0n) is 10.0. The second-order valence-corrected chi connectivity index (χ2v) is 4.60. The first-order valence-corrected chi connectivity index (χ1v) is 6.11. The molecule has 0 aromatic heterocycles. The summed E-state index contributed by atoms with van der Waals surface area (Å²) in [7, 11) is 0. The van der Waals surface area contributed by atoms with Crippen LogP contribution in [0.15, 0.2) is 18.2 Å². The third kappa shape index (κ3) is 2.26. The van der Waals surface area contributed by atoms with Crippen molar-refractivity contribution in [3.63, 3.8) is 0 Å². The normalized spacial score (nSPS) is 15.6. The monoisotopic (exact) mass is 217 g/mol. The van der Waals surface area contributed by atoms with E-state index in [2.05, 4.69) is 18.3 Å². The summed E-state index contributed by atoms with van der Waals surface area (Å²) in [6.07, 6.45) is 4.54. The average molecular weight is 217 g/mol. The Morgan fingerprint density at radius 1 is 1.44 bits per heavy atom. The Kier molecular flexibility index (Phi) is 3.28. The van der Waals surface area contributed by atoms with Crippen LogP contribution in [0.25, 0.3) is 0 Å². The van der Waals surface area contributed by atoms with Gasteiger partial charge in [-0.15, -0.1) is 0 Å². The van der Waals surface area contributed by atoms with Gasteiger partial charge in [0.25, 0.3) is 5.91 Å². The van der Waals surface area contributed by atoms with E-state index in [1.165, 1.54) is 12.0 Å². The first kappa shape index (κ1) is 11.2. The van der Waals surface area contributed by atoms with Crippen LogP contribution in [-0.2, 0) is 6.42 Å². The van der Waals surface area contributed by atoms with Gasteiger partial charge in [-0.1, -0.05) is 19.1 Å². The average Bonchev–Trinajstić information content (AvgIpc) is 2.23. The lowest BCUT2D eigenvalue weighted by molar-refractivity contribution is 0.0916. The van der Waals surface area contributed by atoms with Crippen molar-refractivity contribution in [1.29, 1.82) is 0 Å². The van der Waals surface area contributed by atoms with Gasteiger partial charge in [0.2, 0.25) is 0 Å². The molecule has 1 aromatic carbocycles. The second kappa shape index (κ2) is 4.69. The van der Waals surface area contributed by atoms with Gasteiger partial charge in [0.05, 0.1) is 0 Å². The lowest BCUT2D eigenvalue weighted by Crippen LogP contribution is -2.39. The van der Waals surface area contributed by atoms with Crippen molar-refractivity contribution in [2.24, 2.45) is 0 Å². The van der Waals surface area contributed by atoms with E-state index in [0.29, 0.717) is 6.04 Å². The minimum atomic E-state index is 0.0878. The number of carbonyl (C=O) groups is 1. The Hall–Kier alpha value is -1.31. The largest absolute Gasteiger partial charge is 0.349 e. The second-order valence-electron chi connectivity index (χ2n) is 4.60. The molecule has 0 saturated heterocycles. The van der Waals surface area contributed by atoms with E-state index in [4.69, 9.17) is 0 Å². The maximum atomic E-state index is 12.0. The maximum absolute atomic E-state index is 12.0. The van der Waals surface area contributed by atoms with Gasteiger partial charge in [-0.3, -0.25) is 4.79 Å². The summed E-state index contributed by atoms with van der Waals surface area (Å²) in [4.78, 5) is 12.0. The molecule has 16 heavy (non-hydrogen) atoms. The van der Waals surface area contributed by atoms with Crippen LogP contribution in [0.1, 0.15) is 47.7 Å². The van der Waals surface area contributed by atoms with Gasteiger partial charge in [-0.2, -0.15) is 0 Å². The van der Waals surface area contributed by atoms with E-state index in [1.54, 1.807) is 0 Å². The summed E-state index contributed by atoms with van der Waals surface area (Å²) in [5, 5.41) is 3.07. The molecule has 1 aliphatic rings. The number of hydrogen-bond acceptors (Lipinski definition) is 1. The molecule has 1 fully saturated rings. The fraction of sp³-hybridized carbons (Fsp3) is 0.500. The highest BCUT2D eigenvalue weighted by Gasteiger charge is 2.20. The number of amides is 1. The molecule has 1 N–H and O–H groups in total. The summed E-state index contributed by atoms with van der Waals surface area (Å²) in [5.41, 5.74) is 3.19. The van der Waals surface area contributed by atoms with E-state index in [-0.39, 0.29) is 5.91 Å². The standard InChI is InChI=1S/C14H19NO/c1-3-11-7-8-13(10(2)9-11)14(16)15-12-5-4-6-12/h7-9,12H,3-6H2,1-2H3,(H,15,16). The molecule has 0 aliphatic heterocycles. The van der Waals surface area contributed by atoms with Crippen molar-refractivity contribution in [3.05, 3.63) is 34.9 Å². The SMILES string of the molecule is CCc1ccc(C(=O)NC2CCC2)c(C)c1. The molecule has 0 spiro atoms. The van der Waals surface area contributed by atoms with Crippen molar-refractivity contribution >= 4 is 5.91 Å². The van der Waals surface area contributed by atoms with Gasteiger partial charge in [0.15, 0.2) is 0 Å². The lowest BCUT2D eigenvalue weighted by Gasteiger charge is -2.26. The highest BCUT2D eigenvalue weighted by atomic mass is 16.1. The molecule has 2 heteroatoms.